The third-order valence-electron chi connectivity index (χ3n) is 3.48. The van der Waals surface area contributed by atoms with Crippen LogP contribution in [-0.2, 0) is 0 Å². The molecule has 1 aromatic rings. The quantitative estimate of drug-likeness (QED) is 0.861. The topological polar surface area (TPSA) is 54.0 Å². The van der Waals surface area contributed by atoms with Gasteiger partial charge in [-0.15, -0.1) is 11.3 Å². The van der Waals surface area contributed by atoms with Crippen molar-refractivity contribution in [2.45, 2.75) is 45.1 Å². The molecule has 18 heavy (non-hydrogen) atoms. The highest BCUT2D eigenvalue weighted by atomic mass is 32.1. The van der Waals surface area contributed by atoms with Gasteiger partial charge in [-0.2, -0.15) is 0 Å². The molecule has 1 saturated carbocycles. The lowest BCUT2D eigenvalue weighted by atomic mass is 10.0. The molecule has 1 aromatic heterocycles. The fourth-order valence-electron chi connectivity index (χ4n) is 2.45. The predicted molar refractivity (Wildman–Crippen MR) is 73.6 cm³/mol. The Morgan fingerprint density at radius 1 is 1.56 bits per heavy atom. The number of hydrogen-bond acceptors (Lipinski definition) is 3. The summed E-state index contributed by atoms with van der Waals surface area (Å²) in [5.41, 5.74) is 0. The minimum absolute atomic E-state index is 0.0171. The average Bonchev–Trinajstić information content (AvgIpc) is 3.02. The van der Waals surface area contributed by atoms with Gasteiger partial charge in [-0.1, -0.05) is 25.7 Å². The van der Waals surface area contributed by atoms with Crippen LogP contribution < -0.4 is 10.6 Å². The highest BCUT2D eigenvalue weighted by Gasteiger charge is 2.15. The lowest BCUT2D eigenvalue weighted by molar-refractivity contribution is 0.237. The third-order valence-corrected chi connectivity index (χ3v) is 4.44. The number of hydrogen-bond donors (Lipinski definition) is 2. The second-order valence-electron chi connectivity index (χ2n) is 4.93. The minimum Gasteiger partial charge on any atom is -0.338 e. The maximum atomic E-state index is 11.7. The summed E-state index contributed by atoms with van der Waals surface area (Å²) in [5, 5.41) is 8.70. The van der Waals surface area contributed by atoms with Crippen LogP contribution in [0.5, 0.6) is 0 Å². The van der Waals surface area contributed by atoms with E-state index in [0.717, 1.165) is 23.9 Å². The van der Waals surface area contributed by atoms with Gasteiger partial charge < -0.3 is 10.6 Å². The summed E-state index contributed by atoms with van der Waals surface area (Å²) in [4.78, 5) is 15.9. The largest absolute Gasteiger partial charge is 0.338 e. The molecule has 1 atom stereocenters. The van der Waals surface area contributed by atoms with Crippen molar-refractivity contribution in [3.63, 3.8) is 0 Å². The number of carbonyl (C=O) groups is 1. The van der Waals surface area contributed by atoms with Gasteiger partial charge in [0.05, 0.1) is 6.04 Å². The molecular weight excluding hydrogens is 246 g/mol. The standard InChI is InChI=1S/C13H21N3OS/c1-10(12-14-8-9-18-12)16-13(17)15-7-6-11-4-2-3-5-11/h8-11H,2-7H2,1H3,(H2,15,16,17). The van der Waals surface area contributed by atoms with Gasteiger partial charge in [0.2, 0.25) is 0 Å². The van der Waals surface area contributed by atoms with Crippen molar-refractivity contribution < 1.29 is 4.79 Å². The van der Waals surface area contributed by atoms with E-state index in [1.807, 2.05) is 12.3 Å². The summed E-state index contributed by atoms with van der Waals surface area (Å²) in [6, 6.07) is -0.104. The molecule has 1 fully saturated rings. The Morgan fingerprint density at radius 3 is 3.00 bits per heavy atom. The van der Waals surface area contributed by atoms with Crippen molar-refractivity contribution in [3.05, 3.63) is 16.6 Å². The van der Waals surface area contributed by atoms with E-state index < -0.39 is 0 Å². The molecule has 0 radical (unpaired) electrons. The lowest BCUT2D eigenvalue weighted by Crippen LogP contribution is -2.37. The lowest BCUT2D eigenvalue weighted by Gasteiger charge is -2.13. The van der Waals surface area contributed by atoms with Gasteiger partial charge in [-0.05, 0) is 19.3 Å². The van der Waals surface area contributed by atoms with Crippen LogP contribution in [0.3, 0.4) is 0 Å². The van der Waals surface area contributed by atoms with E-state index in [9.17, 15) is 4.79 Å². The summed E-state index contributed by atoms with van der Waals surface area (Å²) in [6.07, 6.45) is 8.25. The number of urea groups is 1. The molecule has 0 spiro atoms. The van der Waals surface area contributed by atoms with Crippen LogP contribution in [0, 0.1) is 5.92 Å². The molecule has 0 aliphatic heterocycles. The molecule has 2 amide bonds. The molecule has 0 saturated heterocycles. The zero-order chi connectivity index (χ0) is 12.8. The molecule has 1 aliphatic rings. The first kappa shape index (κ1) is 13.3. The number of aromatic nitrogens is 1. The van der Waals surface area contributed by atoms with E-state index >= 15 is 0 Å². The van der Waals surface area contributed by atoms with Crippen molar-refractivity contribution in [2.24, 2.45) is 5.92 Å². The maximum Gasteiger partial charge on any atom is 0.315 e. The number of nitrogens with one attached hydrogen (secondary N) is 2. The van der Waals surface area contributed by atoms with Gasteiger partial charge in [-0.3, -0.25) is 0 Å². The first-order valence-corrected chi connectivity index (χ1v) is 7.57. The fourth-order valence-corrected chi connectivity index (χ4v) is 3.09. The minimum atomic E-state index is -0.0873. The van der Waals surface area contributed by atoms with Gasteiger partial charge >= 0.3 is 6.03 Å². The van der Waals surface area contributed by atoms with Crippen molar-refractivity contribution in [2.75, 3.05) is 6.54 Å². The molecule has 5 heteroatoms. The summed E-state index contributed by atoms with van der Waals surface area (Å²) < 4.78 is 0. The summed E-state index contributed by atoms with van der Waals surface area (Å²) in [5.74, 6) is 0.821. The molecule has 2 rings (SSSR count). The van der Waals surface area contributed by atoms with E-state index in [0.29, 0.717) is 0 Å². The summed E-state index contributed by atoms with van der Waals surface area (Å²) in [6.45, 7) is 2.73. The number of rotatable bonds is 5. The molecule has 1 unspecified atom stereocenters. The van der Waals surface area contributed by atoms with Crippen LogP contribution in [-0.4, -0.2) is 17.6 Å². The van der Waals surface area contributed by atoms with Crippen LogP contribution in [0.1, 0.15) is 50.1 Å². The van der Waals surface area contributed by atoms with Crippen molar-refractivity contribution >= 4 is 17.4 Å². The van der Waals surface area contributed by atoms with E-state index in [2.05, 4.69) is 15.6 Å². The van der Waals surface area contributed by atoms with Gasteiger partial charge in [0.15, 0.2) is 0 Å². The smallest absolute Gasteiger partial charge is 0.315 e. The molecule has 2 N–H and O–H groups in total. The molecule has 1 aliphatic carbocycles. The monoisotopic (exact) mass is 267 g/mol. The molecule has 4 nitrogen and oxygen atoms in total. The first-order chi connectivity index (χ1) is 8.75. The number of thiazole rings is 1. The van der Waals surface area contributed by atoms with E-state index in [4.69, 9.17) is 0 Å². The predicted octanol–water partition coefficient (Wildman–Crippen LogP) is 3.08. The molecule has 1 heterocycles. The van der Waals surface area contributed by atoms with Gasteiger partial charge in [0, 0.05) is 18.1 Å². The number of nitrogens with zero attached hydrogens (tertiary/aromatic N) is 1. The second-order valence-corrected chi connectivity index (χ2v) is 5.86. The van der Waals surface area contributed by atoms with Crippen molar-refractivity contribution in [3.8, 4) is 0 Å². The Morgan fingerprint density at radius 2 is 2.33 bits per heavy atom. The van der Waals surface area contributed by atoms with Gasteiger partial charge in [-0.25, -0.2) is 9.78 Å². The summed E-state index contributed by atoms with van der Waals surface area (Å²) >= 11 is 1.56. The normalized spacial score (nSPS) is 17.6. The molecular formula is C13H21N3OS. The van der Waals surface area contributed by atoms with E-state index in [-0.39, 0.29) is 12.1 Å². The first-order valence-electron chi connectivity index (χ1n) is 6.69. The number of amides is 2. The van der Waals surface area contributed by atoms with Gasteiger partial charge in [0.25, 0.3) is 0 Å². The summed E-state index contributed by atoms with van der Waals surface area (Å²) in [7, 11) is 0. The number of carbonyl (C=O) groups excluding carboxylic acids is 1. The zero-order valence-electron chi connectivity index (χ0n) is 10.8. The second kappa shape index (κ2) is 6.73. The zero-order valence-corrected chi connectivity index (χ0v) is 11.6. The molecule has 0 aromatic carbocycles. The Hall–Kier alpha value is -1.10. The van der Waals surface area contributed by atoms with Crippen LogP contribution in [0.2, 0.25) is 0 Å². The Balaban J connectivity index is 1.62. The van der Waals surface area contributed by atoms with E-state index in [1.54, 1.807) is 17.5 Å². The Kier molecular flexibility index (Phi) is 4.99. The fraction of sp³-hybridized carbons (Fsp3) is 0.692. The highest BCUT2D eigenvalue weighted by Crippen LogP contribution is 2.26. The van der Waals surface area contributed by atoms with Crippen LogP contribution in [0.4, 0.5) is 4.79 Å². The highest BCUT2D eigenvalue weighted by molar-refractivity contribution is 7.09. The SMILES string of the molecule is CC(NC(=O)NCCC1CCCC1)c1nccs1. The Labute approximate surface area is 112 Å². The van der Waals surface area contributed by atoms with Crippen molar-refractivity contribution in [1.29, 1.82) is 0 Å². The van der Waals surface area contributed by atoms with Gasteiger partial charge in [0.1, 0.15) is 5.01 Å². The maximum absolute atomic E-state index is 11.7. The Bertz CT molecular complexity index is 360. The van der Waals surface area contributed by atoms with Crippen LogP contribution in [0.15, 0.2) is 11.6 Å². The molecule has 100 valence electrons. The van der Waals surface area contributed by atoms with Crippen LogP contribution in [0.25, 0.3) is 0 Å². The third kappa shape index (κ3) is 3.98. The molecule has 0 bridgehead atoms. The van der Waals surface area contributed by atoms with E-state index in [1.165, 1.54) is 25.7 Å². The van der Waals surface area contributed by atoms with Crippen LogP contribution >= 0.6 is 11.3 Å². The van der Waals surface area contributed by atoms with Crippen molar-refractivity contribution in [1.82, 2.24) is 15.6 Å². The average molecular weight is 267 g/mol.